The quantitative estimate of drug-likeness (QED) is 0.334. The van der Waals surface area contributed by atoms with Gasteiger partial charge in [0.25, 0.3) is 5.91 Å². The Labute approximate surface area is 167 Å². The number of thiocarbonyl (C=S) groups is 1. The van der Waals surface area contributed by atoms with Crippen molar-refractivity contribution in [2.75, 3.05) is 4.90 Å². The molecule has 0 bridgehead atoms. The number of carbonyl (C=O) groups excluding carboxylic acids is 1. The van der Waals surface area contributed by atoms with E-state index in [1.807, 2.05) is 6.07 Å². The third kappa shape index (κ3) is 3.29. The summed E-state index contributed by atoms with van der Waals surface area (Å²) in [5.41, 5.74) is 0.515. The maximum atomic E-state index is 13.4. The second kappa shape index (κ2) is 6.92. The summed E-state index contributed by atoms with van der Waals surface area (Å²) in [4.78, 5) is 26.5. The third-order valence-electron chi connectivity index (χ3n) is 3.91. The Bertz CT molecular complexity index is 1210. The number of hydrogen-bond acceptors (Lipinski definition) is 5. The molecular weight excluding hydrogens is 409 g/mol. The molecule has 0 atom stereocenters. The van der Waals surface area contributed by atoms with Crippen LogP contribution in [0, 0.1) is 5.82 Å². The van der Waals surface area contributed by atoms with Crippen LogP contribution in [0.3, 0.4) is 0 Å². The molecule has 1 saturated heterocycles. The molecule has 1 aromatic heterocycles. The highest BCUT2D eigenvalue weighted by Crippen LogP contribution is 2.37. The van der Waals surface area contributed by atoms with Crippen LogP contribution in [0.15, 0.2) is 62.6 Å². The van der Waals surface area contributed by atoms with E-state index in [1.165, 1.54) is 23.1 Å². The van der Waals surface area contributed by atoms with E-state index in [-0.39, 0.29) is 19.8 Å². The largest absolute Gasteiger partial charge is 0.422 e. The monoisotopic (exact) mass is 417 g/mol. The average Bonchev–Trinajstić information content (AvgIpc) is 2.92. The molecule has 0 saturated carbocycles. The summed E-state index contributed by atoms with van der Waals surface area (Å²) < 4.78 is 18.9. The average molecular weight is 418 g/mol. The van der Waals surface area contributed by atoms with Crippen LogP contribution >= 0.6 is 35.6 Å². The second-order valence-corrected chi connectivity index (χ2v) is 7.73. The van der Waals surface area contributed by atoms with Gasteiger partial charge in [0.15, 0.2) is 4.32 Å². The summed E-state index contributed by atoms with van der Waals surface area (Å²) >= 11 is 12.1. The molecule has 4 nitrogen and oxygen atoms in total. The van der Waals surface area contributed by atoms with Crippen LogP contribution in [0.5, 0.6) is 0 Å². The number of anilines is 1. The van der Waals surface area contributed by atoms with E-state index in [0.29, 0.717) is 11.3 Å². The van der Waals surface area contributed by atoms with E-state index in [2.05, 4.69) is 0 Å². The Balaban J connectivity index is 1.74. The molecule has 27 heavy (non-hydrogen) atoms. The van der Waals surface area contributed by atoms with E-state index in [1.54, 1.807) is 24.3 Å². The Kier molecular flexibility index (Phi) is 4.59. The van der Waals surface area contributed by atoms with Crippen LogP contribution in [-0.2, 0) is 4.79 Å². The molecule has 1 amide bonds. The number of thioether (sulfide) groups is 1. The summed E-state index contributed by atoms with van der Waals surface area (Å²) in [6.45, 7) is 0. The Hall–Kier alpha value is -2.48. The first-order valence-electron chi connectivity index (χ1n) is 7.70. The first kappa shape index (κ1) is 17.9. The lowest BCUT2D eigenvalue weighted by atomic mass is 10.1. The van der Waals surface area contributed by atoms with E-state index in [4.69, 9.17) is 28.2 Å². The topological polar surface area (TPSA) is 50.5 Å². The van der Waals surface area contributed by atoms with Gasteiger partial charge in [0, 0.05) is 5.39 Å². The molecule has 8 heteroatoms. The van der Waals surface area contributed by atoms with Gasteiger partial charge in [-0.2, -0.15) is 0 Å². The van der Waals surface area contributed by atoms with Gasteiger partial charge in [-0.05, 0) is 36.4 Å². The first-order chi connectivity index (χ1) is 12.9. The Morgan fingerprint density at radius 1 is 1.15 bits per heavy atom. The molecule has 0 aliphatic carbocycles. The highest BCUT2D eigenvalue weighted by molar-refractivity contribution is 8.27. The molecule has 134 valence electrons. The third-order valence-corrected chi connectivity index (χ3v) is 5.50. The van der Waals surface area contributed by atoms with Crippen LogP contribution in [0.2, 0.25) is 5.02 Å². The fraction of sp³-hybridized carbons (Fsp3) is 0. The van der Waals surface area contributed by atoms with Gasteiger partial charge in [-0.25, -0.2) is 9.18 Å². The summed E-state index contributed by atoms with van der Waals surface area (Å²) in [5.74, 6) is -1.00. The second-order valence-electron chi connectivity index (χ2n) is 5.64. The molecule has 0 radical (unpaired) electrons. The van der Waals surface area contributed by atoms with Crippen molar-refractivity contribution in [3.8, 4) is 0 Å². The number of benzene rings is 2. The molecule has 0 spiro atoms. The van der Waals surface area contributed by atoms with E-state index < -0.39 is 17.3 Å². The van der Waals surface area contributed by atoms with Crippen LogP contribution < -0.4 is 10.5 Å². The molecule has 0 N–H and O–H groups in total. The van der Waals surface area contributed by atoms with Gasteiger partial charge in [0.2, 0.25) is 0 Å². The van der Waals surface area contributed by atoms with Crippen molar-refractivity contribution in [1.82, 2.24) is 0 Å². The van der Waals surface area contributed by atoms with Gasteiger partial charge in [-0.3, -0.25) is 9.69 Å². The van der Waals surface area contributed by atoms with E-state index >= 15 is 0 Å². The minimum absolute atomic E-state index is 0.110. The number of fused-ring (bicyclic) bond motifs is 1. The van der Waals surface area contributed by atoms with Crippen molar-refractivity contribution in [2.45, 2.75) is 0 Å². The Morgan fingerprint density at radius 2 is 1.93 bits per heavy atom. The summed E-state index contributed by atoms with van der Waals surface area (Å²) in [7, 11) is 0. The van der Waals surface area contributed by atoms with Crippen molar-refractivity contribution >= 4 is 68.5 Å². The molecule has 1 aliphatic rings. The minimum atomic E-state index is -0.588. The van der Waals surface area contributed by atoms with Gasteiger partial charge >= 0.3 is 5.63 Å². The standard InChI is InChI=1S/C19H9ClFNO3S2/c20-13-9-12(5-6-14(13)21)22-17(23)16(27-19(22)26)8-11-7-10-3-1-2-4-15(10)25-18(11)24/h1-9H. The van der Waals surface area contributed by atoms with Gasteiger partial charge in [-0.1, -0.05) is 53.8 Å². The molecule has 1 fully saturated rings. The van der Waals surface area contributed by atoms with E-state index in [9.17, 15) is 14.0 Å². The number of nitrogens with zero attached hydrogens (tertiary/aromatic N) is 1. The molecule has 0 unspecified atom stereocenters. The number of hydrogen-bond donors (Lipinski definition) is 0. The van der Waals surface area contributed by atoms with Gasteiger partial charge in [-0.15, -0.1) is 0 Å². The fourth-order valence-electron chi connectivity index (χ4n) is 2.63. The number of carbonyl (C=O) groups is 1. The zero-order chi connectivity index (χ0) is 19.1. The lowest BCUT2D eigenvalue weighted by Crippen LogP contribution is -2.27. The predicted octanol–water partition coefficient (Wildman–Crippen LogP) is 4.99. The van der Waals surface area contributed by atoms with Gasteiger partial charge < -0.3 is 4.42 Å². The predicted molar refractivity (Wildman–Crippen MR) is 110 cm³/mol. The van der Waals surface area contributed by atoms with Gasteiger partial charge in [0.1, 0.15) is 11.4 Å². The SMILES string of the molecule is O=C1C(=Cc2cc3ccccc3oc2=O)SC(=S)N1c1ccc(F)c(Cl)c1. The van der Waals surface area contributed by atoms with Crippen LogP contribution in [0.25, 0.3) is 17.0 Å². The smallest absolute Gasteiger partial charge is 0.343 e. The number of rotatable bonds is 2. The lowest BCUT2D eigenvalue weighted by Gasteiger charge is -2.14. The zero-order valence-electron chi connectivity index (χ0n) is 13.4. The zero-order valence-corrected chi connectivity index (χ0v) is 15.8. The molecule has 1 aliphatic heterocycles. The highest BCUT2D eigenvalue weighted by atomic mass is 35.5. The first-order valence-corrected chi connectivity index (χ1v) is 9.30. The summed E-state index contributed by atoms with van der Waals surface area (Å²) in [5, 5.41) is 0.629. The number of halogens is 2. The van der Waals surface area contributed by atoms with Crippen molar-refractivity contribution < 1.29 is 13.6 Å². The fourth-order valence-corrected chi connectivity index (χ4v) is 4.10. The molecule has 4 rings (SSSR count). The van der Waals surface area contributed by atoms with Gasteiger partial charge in [0.05, 0.1) is 21.2 Å². The summed E-state index contributed by atoms with van der Waals surface area (Å²) in [6.07, 6.45) is 1.45. The number of amides is 1. The highest BCUT2D eigenvalue weighted by Gasteiger charge is 2.33. The summed E-state index contributed by atoms with van der Waals surface area (Å²) in [6, 6.07) is 12.7. The van der Waals surface area contributed by atoms with Crippen molar-refractivity contribution in [3.05, 3.63) is 80.3 Å². The maximum Gasteiger partial charge on any atom is 0.343 e. The van der Waals surface area contributed by atoms with Crippen molar-refractivity contribution in [1.29, 1.82) is 0 Å². The minimum Gasteiger partial charge on any atom is -0.422 e. The number of para-hydroxylation sites is 1. The normalized spacial score (nSPS) is 15.9. The van der Waals surface area contributed by atoms with Crippen molar-refractivity contribution in [2.24, 2.45) is 0 Å². The van der Waals surface area contributed by atoms with Crippen LogP contribution in [0.4, 0.5) is 10.1 Å². The van der Waals surface area contributed by atoms with E-state index in [0.717, 1.165) is 23.2 Å². The molecule has 2 heterocycles. The van der Waals surface area contributed by atoms with Crippen molar-refractivity contribution in [3.63, 3.8) is 0 Å². The Morgan fingerprint density at radius 3 is 2.70 bits per heavy atom. The van der Waals surface area contributed by atoms with Crippen LogP contribution in [-0.4, -0.2) is 10.2 Å². The lowest BCUT2D eigenvalue weighted by molar-refractivity contribution is -0.113. The molecular formula is C19H9ClFNO3S2. The van der Waals surface area contributed by atoms with Crippen LogP contribution in [0.1, 0.15) is 5.56 Å². The maximum absolute atomic E-state index is 13.4. The molecule has 3 aromatic rings. The molecule has 2 aromatic carbocycles.